The number of nitrogens with zero attached hydrogens (tertiary/aromatic N) is 5. The monoisotopic (exact) mass is 664 g/mol. The number of hydrogen-bond donors (Lipinski definition) is 1. The number of carbonyl (C=O) groups excluding carboxylic acids is 3. The maximum atomic E-state index is 13.7. The van der Waals surface area contributed by atoms with Crippen molar-refractivity contribution >= 4 is 17.8 Å². The number of fused-ring (bicyclic) bond motifs is 1. The first-order valence-corrected chi connectivity index (χ1v) is 17.6. The van der Waals surface area contributed by atoms with Gasteiger partial charge in [0.1, 0.15) is 17.8 Å². The van der Waals surface area contributed by atoms with Crippen molar-refractivity contribution in [3.05, 3.63) is 10.4 Å². The Hall–Kier alpha value is -2.44. The minimum Gasteiger partial charge on any atom is -0.458 e. The van der Waals surface area contributed by atoms with Crippen LogP contribution >= 0.6 is 0 Å². The van der Waals surface area contributed by atoms with Gasteiger partial charge in [0, 0.05) is 42.4 Å². The maximum absolute atomic E-state index is 13.7. The van der Waals surface area contributed by atoms with E-state index in [4.69, 9.17) is 24.5 Å². The first kappa shape index (κ1) is 39.0. The minimum atomic E-state index is -1.15. The molecule has 0 aromatic carbocycles. The second kappa shape index (κ2) is 17.3. The molecule has 1 N–H and O–H groups in total. The first-order valence-electron chi connectivity index (χ1n) is 17.6. The number of esters is 1. The van der Waals surface area contributed by atoms with Crippen molar-refractivity contribution in [2.75, 3.05) is 33.7 Å². The van der Waals surface area contributed by atoms with Crippen LogP contribution in [0.1, 0.15) is 93.9 Å². The lowest BCUT2D eigenvalue weighted by Crippen LogP contribution is -2.60. The van der Waals surface area contributed by atoms with Crippen LogP contribution in [0.5, 0.6) is 0 Å². The average Bonchev–Trinajstić information content (AvgIpc) is 3.27. The molecule has 13 nitrogen and oxygen atoms in total. The fourth-order valence-electron chi connectivity index (χ4n) is 7.75. The number of azide groups is 1. The highest BCUT2D eigenvalue weighted by Gasteiger charge is 2.58. The van der Waals surface area contributed by atoms with Gasteiger partial charge in [0.05, 0.1) is 18.2 Å². The molecule has 13 heteroatoms. The van der Waals surface area contributed by atoms with Gasteiger partial charge in [-0.2, -0.15) is 0 Å². The molecule has 3 unspecified atom stereocenters. The average molecular weight is 665 g/mol. The van der Waals surface area contributed by atoms with Gasteiger partial charge in [0.2, 0.25) is 0 Å². The SMILES string of the molecule is CC[C@H]1OC(=O)[C@H](C)C(=O)C[C@@H](O[C@@H]2OC(C)CC(N(C)C)C2C)[C@@H](C)C[C@@H](C)CN[C@H](C)[C@H]2N(CCCCN=[N+]=[N-])C(=O)O[C@]12C. The van der Waals surface area contributed by atoms with E-state index < -0.39 is 48.1 Å². The third-order valence-corrected chi connectivity index (χ3v) is 10.6. The number of rotatable bonds is 9. The van der Waals surface area contributed by atoms with Crippen LogP contribution in [0.25, 0.3) is 10.4 Å². The summed E-state index contributed by atoms with van der Waals surface area (Å²) in [6, 6.07) is -0.367. The molecule has 3 aliphatic heterocycles. The summed E-state index contributed by atoms with van der Waals surface area (Å²) >= 11 is 0. The fraction of sp³-hybridized carbons (Fsp3) is 0.912. The lowest BCUT2D eigenvalue weighted by Gasteiger charge is -2.44. The van der Waals surface area contributed by atoms with Crippen LogP contribution in [-0.2, 0) is 28.5 Å². The number of amides is 1. The predicted octanol–water partition coefficient (Wildman–Crippen LogP) is 5.31. The predicted molar refractivity (Wildman–Crippen MR) is 178 cm³/mol. The third-order valence-electron chi connectivity index (χ3n) is 10.6. The van der Waals surface area contributed by atoms with Crippen molar-refractivity contribution in [2.24, 2.45) is 28.8 Å². The highest BCUT2D eigenvalue weighted by atomic mass is 16.7. The molecule has 268 valence electrons. The Kier molecular flexibility index (Phi) is 14.3. The Labute approximate surface area is 281 Å². The van der Waals surface area contributed by atoms with Crippen molar-refractivity contribution in [1.29, 1.82) is 0 Å². The van der Waals surface area contributed by atoms with E-state index in [0.717, 1.165) is 12.8 Å². The molecular formula is C34H60N6O7. The summed E-state index contributed by atoms with van der Waals surface area (Å²) in [5.41, 5.74) is 7.47. The van der Waals surface area contributed by atoms with E-state index in [1.165, 1.54) is 0 Å². The van der Waals surface area contributed by atoms with Crippen LogP contribution < -0.4 is 5.32 Å². The fourth-order valence-corrected chi connectivity index (χ4v) is 7.75. The van der Waals surface area contributed by atoms with E-state index in [0.29, 0.717) is 38.9 Å². The topological polar surface area (TPSA) is 155 Å². The number of hydrogen-bond acceptors (Lipinski definition) is 10. The molecule has 0 radical (unpaired) electrons. The molecule has 3 fully saturated rings. The van der Waals surface area contributed by atoms with Crippen molar-refractivity contribution < 1.29 is 33.3 Å². The Morgan fingerprint density at radius 2 is 1.81 bits per heavy atom. The van der Waals surface area contributed by atoms with Gasteiger partial charge in [-0.1, -0.05) is 32.8 Å². The highest BCUT2D eigenvalue weighted by Crippen LogP contribution is 2.39. The Bertz CT molecular complexity index is 1120. The second-order valence-corrected chi connectivity index (χ2v) is 14.7. The maximum Gasteiger partial charge on any atom is 0.410 e. The van der Waals surface area contributed by atoms with E-state index in [1.54, 1.807) is 11.8 Å². The summed E-state index contributed by atoms with van der Waals surface area (Å²) in [4.78, 5) is 47.4. The second-order valence-electron chi connectivity index (χ2n) is 14.7. The van der Waals surface area contributed by atoms with Gasteiger partial charge in [-0.15, -0.1) is 0 Å². The molecule has 0 aliphatic carbocycles. The molecule has 0 bridgehead atoms. The molecule has 12 atom stereocenters. The number of unbranched alkanes of at least 4 members (excludes halogenated alkanes) is 1. The number of cyclic esters (lactones) is 1. The zero-order chi connectivity index (χ0) is 35.1. The van der Waals surface area contributed by atoms with Gasteiger partial charge in [-0.25, -0.2) is 4.79 Å². The third kappa shape index (κ3) is 9.59. The zero-order valence-electron chi connectivity index (χ0n) is 30.3. The summed E-state index contributed by atoms with van der Waals surface area (Å²) in [5.74, 6) is -1.58. The van der Waals surface area contributed by atoms with E-state index >= 15 is 0 Å². The van der Waals surface area contributed by atoms with Crippen molar-refractivity contribution in [3.63, 3.8) is 0 Å². The van der Waals surface area contributed by atoms with Crippen molar-refractivity contribution in [1.82, 2.24) is 15.1 Å². The molecule has 3 aliphatic rings. The molecule has 3 saturated heterocycles. The molecule has 3 heterocycles. The number of Topliss-reactive ketones (excluding diaryl/α,β-unsaturated/α-hetero) is 1. The molecule has 0 aromatic rings. The first-order chi connectivity index (χ1) is 22.1. The van der Waals surface area contributed by atoms with Crippen LogP contribution in [-0.4, -0.2) is 110 Å². The Morgan fingerprint density at radius 1 is 1.11 bits per heavy atom. The lowest BCUT2D eigenvalue weighted by molar-refractivity contribution is -0.253. The number of nitrogens with one attached hydrogen (secondary N) is 1. The molecule has 0 saturated carbocycles. The van der Waals surface area contributed by atoms with Crippen molar-refractivity contribution in [2.45, 2.75) is 142 Å². The molecule has 0 spiro atoms. The summed E-state index contributed by atoms with van der Waals surface area (Å²) in [6.45, 7) is 17.2. The molecule has 1 amide bonds. The normalized spacial score (nSPS) is 39.3. The largest absolute Gasteiger partial charge is 0.458 e. The van der Waals surface area contributed by atoms with Crippen LogP contribution in [0.15, 0.2) is 5.11 Å². The summed E-state index contributed by atoms with van der Waals surface area (Å²) < 4.78 is 25.1. The van der Waals surface area contributed by atoms with Crippen molar-refractivity contribution in [3.8, 4) is 0 Å². The standard InChI is InChI=1S/C34H60N6O7/c1-11-29-34(8)30(40(33(43)47-34)15-13-12-14-37-38-35)25(7)36-19-20(2)16-21(3)28(18-27(41)24(6)31(42)46-29)45-32-23(5)26(39(9)10)17-22(4)44-32/h20-26,28-30,32,36H,11-19H2,1-10H3/t20-,21+,22?,23?,24-,25-,26?,28-,29-,30-,32+,34-/m1/s1. The van der Waals surface area contributed by atoms with Gasteiger partial charge >= 0.3 is 12.1 Å². The smallest absolute Gasteiger partial charge is 0.410 e. The molecule has 47 heavy (non-hydrogen) atoms. The van der Waals surface area contributed by atoms with Crippen LogP contribution in [0.2, 0.25) is 0 Å². The Balaban J connectivity index is 1.90. The molecule has 0 aromatic heterocycles. The zero-order valence-corrected chi connectivity index (χ0v) is 30.3. The minimum absolute atomic E-state index is 0.00265. The van der Waals surface area contributed by atoms with Gasteiger partial charge in [0.15, 0.2) is 11.9 Å². The number of ether oxygens (including phenoxy) is 4. The molecular weight excluding hydrogens is 604 g/mol. The van der Waals surface area contributed by atoms with E-state index in [2.05, 4.69) is 62.0 Å². The summed E-state index contributed by atoms with van der Waals surface area (Å²) in [7, 11) is 4.14. The van der Waals surface area contributed by atoms with E-state index in [1.807, 2.05) is 20.8 Å². The highest BCUT2D eigenvalue weighted by molar-refractivity contribution is 5.98. The van der Waals surface area contributed by atoms with Gasteiger partial charge in [0.25, 0.3) is 0 Å². The number of carbonyl (C=O) groups is 3. The number of ketones is 1. The Morgan fingerprint density at radius 3 is 2.45 bits per heavy atom. The lowest BCUT2D eigenvalue weighted by atomic mass is 9.84. The van der Waals surface area contributed by atoms with Gasteiger partial charge < -0.3 is 29.2 Å². The van der Waals surface area contributed by atoms with Gasteiger partial charge in [-0.05, 0) is 97.8 Å². The van der Waals surface area contributed by atoms with Crippen LogP contribution in [0, 0.1) is 23.7 Å². The summed E-state index contributed by atoms with van der Waals surface area (Å²) in [6.07, 6.45) is 1.26. The molecule has 3 rings (SSSR count). The van der Waals surface area contributed by atoms with Crippen LogP contribution in [0.4, 0.5) is 4.79 Å². The van der Waals surface area contributed by atoms with E-state index in [9.17, 15) is 14.4 Å². The summed E-state index contributed by atoms with van der Waals surface area (Å²) in [5, 5.41) is 7.27. The quantitative estimate of drug-likeness (QED) is 0.0862. The van der Waals surface area contributed by atoms with Gasteiger partial charge in [-0.3, -0.25) is 14.5 Å². The van der Waals surface area contributed by atoms with Crippen LogP contribution in [0.3, 0.4) is 0 Å². The van der Waals surface area contributed by atoms with E-state index in [-0.39, 0.29) is 48.1 Å².